The molecule has 0 aliphatic carbocycles. The van der Waals surface area contributed by atoms with Crippen molar-refractivity contribution in [2.45, 2.75) is 39.7 Å². The SMILES string of the molecule is CCCOc1c(Cl)cc(C(=O)NC2CNCCC2C)cc1OCC.Cl. The van der Waals surface area contributed by atoms with E-state index >= 15 is 0 Å². The lowest BCUT2D eigenvalue weighted by Crippen LogP contribution is -2.50. The van der Waals surface area contributed by atoms with Crippen molar-refractivity contribution in [1.82, 2.24) is 10.6 Å². The zero-order valence-electron chi connectivity index (χ0n) is 15.1. The van der Waals surface area contributed by atoms with Crippen molar-refractivity contribution in [3.63, 3.8) is 0 Å². The molecular weight excluding hydrogens is 363 g/mol. The summed E-state index contributed by atoms with van der Waals surface area (Å²) in [6, 6.07) is 3.47. The average Bonchev–Trinajstić information content (AvgIpc) is 2.56. The number of ether oxygens (including phenoxy) is 2. The third-order valence-corrected chi connectivity index (χ3v) is 4.45. The molecule has 142 valence electrons. The van der Waals surface area contributed by atoms with Crippen LogP contribution in [-0.2, 0) is 0 Å². The molecule has 1 amide bonds. The first-order valence-corrected chi connectivity index (χ1v) is 9.05. The van der Waals surface area contributed by atoms with Crippen LogP contribution in [0.4, 0.5) is 0 Å². The maximum Gasteiger partial charge on any atom is 0.251 e. The van der Waals surface area contributed by atoms with Crippen LogP contribution in [0.25, 0.3) is 0 Å². The summed E-state index contributed by atoms with van der Waals surface area (Å²) in [7, 11) is 0. The van der Waals surface area contributed by atoms with E-state index in [0.29, 0.717) is 41.2 Å². The minimum Gasteiger partial charge on any atom is -0.490 e. The molecule has 1 saturated heterocycles. The molecule has 2 atom stereocenters. The average molecular weight is 391 g/mol. The van der Waals surface area contributed by atoms with Crippen LogP contribution in [0.15, 0.2) is 12.1 Å². The van der Waals surface area contributed by atoms with Gasteiger partial charge in [0.15, 0.2) is 11.5 Å². The number of carbonyl (C=O) groups excluding carboxylic acids is 1. The standard InChI is InChI=1S/C18H27ClN2O3.ClH/c1-4-8-24-17-14(19)9-13(10-16(17)23-5-2)18(22)21-15-11-20-7-6-12(15)3;/h9-10,12,15,20H,4-8,11H2,1-3H3,(H,21,22);1H. The minimum atomic E-state index is -0.138. The van der Waals surface area contributed by atoms with Gasteiger partial charge >= 0.3 is 0 Å². The van der Waals surface area contributed by atoms with E-state index in [1.807, 2.05) is 13.8 Å². The Morgan fingerprint density at radius 2 is 2.12 bits per heavy atom. The lowest BCUT2D eigenvalue weighted by atomic mass is 9.94. The van der Waals surface area contributed by atoms with Gasteiger partial charge in [0.05, 0.1) is 18.2 Å². The fraction of sp³-hybridized carbons (Fsp3) is 0.611. The molecule has 7 heteroatoms. The van der Waals surface area contributed by atoms with Crippen molar-refractivity contribution in [3.8, 4) is 11.5 Å². The van der Waals surface area contributed by atoms with Crippen molar-refractivity contribution in [2.75, 3.05) is 26.3 Å². The number of carbonyl (C=O) groups is 1. The second-order valence-corrected chi connectivity index (χ2v) is 6.52. The Kier molecular flexibility index (Phi) is 9.39. The molecular formula is C18H28Cl2N2O3. The molecule has 0 saturated carbocycles. The third-order valence-electron chi connectivity index (χ3n) is 4.17. The number of nitrogens with one attached hydrogen (secondary N) is 2. The molecule has 2 unspecified atom stereocenters. The van der Waals surface area contributed by atoms with Gasteiger partial charge in [0.1, 0.15) is 0 Å². The van der Waals surface area contributed by atoms with Gasteiger partial charge in [-0.2, -0.15) is 0 Å². The monoisotopic (exact) mass is 390 g/mol. The van der Waals surface area contributed by atoms with E-state index in [-0.39, 0.29) is 24.4 Å². The summed E-state index contributed by atoms with van der Waals surface area (Å²) in [4.78, 5) is 12.6. The van der Waals surface area contributed by atoms with E-state index in [4.69, 9.17) is 21.1 Å². The van der Waals surface area contributed by atoms with E-state index in [2.05, 4.69) is 17.6 Å². The summed E-state index contributed by atoms with van der Waals surface area (Å²) < 4.78 is 11.3. The predicted octanol–water partition coefficient (Wildman–Crippen LogP) is 3.68. The number of rotatable bonds is 7. The van der Waals surface area contributed by atoms with Gasteiger partial charge in [-0.1, -0.05) is 25.4 Å². The normalized spacial score (nSPS) is 19.7. The zero-order valence-corrected chi connectivity index (χ0v) is 16.6. The molecule has 1 fully saturated rings. The molecule has 25 heavy (non-hydrogen) atoms. The molecule has 0 aromatic heterocycles. The highest BCUT2D eigenvalue weighted by molar-refractivity contribution is 6.32. The summed E-state index contributed by atoms with van der Waals surface area (Å²) >= 11 is 6.32. The first-order valence-electron chi connectivity index (χ1n) is 8.67. The molecule has 0 spiro atoms. The molecule has 2 N–H and O–H groups in total. The number of amides is 1. The maximum atomic E-state index is 12.6. The molecule has 1 aromatic rings. The van der Waals surface area contributed by atoms with Crippen LogP contribution >= 0.6 is 24.0 Å². The molecule has 1 aromatic carbocycles. The Morgan fingerprint density at radius 1 is 1.36 bits per heavy atom. The summed E-state index contributed by atoms with van der Waals surface area (Å²) in [6.07, 6.45) is 1.93. The van der Waals surface area contributed by atoms with Gasteiger partial charge in [-0.05, 0) is 44.4 Å². The molecule has 0 bridgehead atoms. The van der Waals surface area contributed by atoms with Gasteiger partial charge in [-0.3, -0.25) is 4.79 Å². The predicted molar refractivity (Wildman–Crippen MR) is 104 cm³/mol. The number of benzene rings is 1. The molecule has 0 radical (unpaired) electrons. The summed E-state index contributed by atoms with van der Waals surface area (Å²) in [6.45, 7) is 8.89. The van der Waals surface area contributed by atoms with E-state index in [1.165, 1.54) is 0 Å². The van der Waals surface area contributed by atoms with Crippen molar-refractivity contribution < 1.29 is 14.3 Å². The van der Waals surface area contributed by atoms with Crippen molar-refractivity contribution in [2.24, 2.45) is 5.92 Å². The van der Waals surface area contributed by atoms with Crippen LogP contribution in [0.3, 0.4) is 0 Å². The molecule has 1 aliphatic heterocycles. The largest absolute Gasteiger partial charge is 0.490 e. The molecule has 1 aliphatic rings. The van der Waals surface area contributed by atoms with E-state index in [1.54, 1.807) is 12.1 Å². The fourth-order valence-corrected chi connectivity index (χ4v) is 3.01. The van der Waals surface area contributed by atoms with Gasteiger partial charge in [0, 0.05) is 18.2 Å². The topological polar surface area (TPSA) is 59.6 Å². The van der Waals surface area contributed by atoms with Crippen molar-refractivity contribution >= 4 is 29.9 Å². The lowest BCUT2D eigenvalue weighted by Gasteiger charge is -2.30. The summed E-state index contributed by atoms with van der Waals surface area (Å²) in [5.74, 6) is 1.33. The van der Waals surface area contributed by atoms with Crippen LogP contribution in [0, 0.1) is 5.92 Å². The first kappa shape index (κ1) is 21.9. The van der Waals surface area contributed by atoms with Crippen LogP contribution in [0.5, 0.6) is 11.5 Å². The number of piperidine rings is 1. The van der Waals surface area contributed by atoms with E-state index in [9.17, 15) is 4.79 Å². The number of halogens is 2. The second-order valence-electron chi connectivity index (χ2n) is 6.12. The number of hydrogen-bond donors (Lipinski definition) is 2. The van der Waals surface area contributed by atoms with Crippen molar-refractivity contribution in [1.29, 1.82) is 0 Å². The molecule has 1 heterocycles. The Hall–Kier alpha value is -1.17. The van der Waals surface area contributed by atoms with Gasteiger partial charge < -0.3 is 20.1 Å². The minimum absolute atomic E-state index is 0. The highest BCUT2D eigenvalue weighted by Crippen LogP contribution is 2.37. The van der Waals surface area contributed by atoms with Gasteiger partial charge in [0.2, 0.25) is 0 Å². The van der Waals surface area contributed by atoms with Crippen LogP contribution in [0.1, 0.15) is 44.0 Å². The summed E-state index contributed by atoms with van der Waals surface area (Å²) in [5, 5.41) is 6.80. The van der Waals surface area contributed by atoms with Crippen LogP contribution in [0.2, 0.25) is 5.02 Å². The Balaban J connectivity index is 0.00000312. The second kappa shape index (κ2) is 10.7. The van der Waals surface area contributed by atoms with Crippen LogP contribution < -0.4 is 20.1 Å². The van der Waals surface area contributed by atoms with Crippen LogP contribution in [-0.4, -0.2) is 38.3 Å². The van der Waals surface area contributed by atoms with Gasteiger partial charge in [-0.15, -0.1) is 12.4 Å². The summed E-state index contributed by atoms with van der Waals surface area (Å²) in [5.41, 5.74) is 0.491. The van der Waals surface area contributed by atoms with Crippen molar-refractivity contribution in [3.05, 3.63) is 22.7 Å². The number of hydrogen-bond acceptors (Lipinski definition) is 4. The van der Waals surface area contributed by atoms with Gasteiger partial charge in [-0.25, -0.2) is 0 Å². The third kappa shape index (κ3) is 5.94. The molecule has 2 rings (SSSR count). The Morgan fingerprint density at radius 3 is 2.76 bits per heavy atom. The smallest absolute Gasteiger partial charge is 0.251 e. The quantitative estimate of drug-likeness (QED) is 0.745. The van der Waals surface area contributed by atoms with Gasteiger partial charge in [0.25, 0.3) is 5.91 Å². The lowest BCUT2D eigenvalue weighted by molar-refractivity contribution is 0.0914. The Labute approximate surface area is 161 Å². The maximum absolute atomic E-state index is 12.6. The first-order chi connectivity index (χ1) is 11.6. The Bertz CT molecular complexity index is 569. The molecule has 5 nitrogen and oxygen atoms in total. The fourth-order valence-electron chi connectivity index (χ4n) is 2.74. The van der Waals surface area contributed by atoms with E-state index in [0.717, 1.165) is 25.9 Å². The zero-order chi connectivity index (χ0) is 17.5. The highest BCUT2D eigenvalue weighted by Gasteiger charge is 2.24. The highest BCUT2D eigenvalue weighted by atomic mass is 35.5. The van der Waals surface area contributed by atoms with E-state index < -0.39 is 0 Å².